The molecule has 0 aliphatic carbocycles. The van der Waals surface area contributed by atoms with Gasteiger partial charge in [0.15, 0.2) is 11.8 Å². The lowest BCUT2D eigenvalue weighted by molar-refractivity contribution is 0.392. The van der Waals surface area contributed by atoms with E-state index in [1.165, 1.54) is 6.33 Å². The topological polar surface area (TPSA) is 109 Å². The van der Waals surface area contributed by atoms with Crippen LogP contribution in [0.4, 0.5) is 0 Å². The quantitative estimate of drug-likeness (QED) is 0.457. The van der Waals surface area contributed by atoms with E-state index in [0.717, 1.165) is 60.5 Å². The van der Waals surface area contributed by atoms with Crippen molar-refractivity contribution >= 4 is 5.96 Å². The second-order valence-electron chi connectivity index (χ2n) is 6.87. The number of H-pyrrole nitrogens is 1. The van der Waals surface area contributed by atoms with Crippen LogP contribution in [0, 0.1) is 6.92 Å². The molecule has 0 bridgehead atoms. The number of hydrogen-bond donors (Lipinski definition) is 3. The standard InChI is InChI=1S/C19H25N9/c1-3-20-19(25-16-7-8-17-24-13(2)27-28(17)11-16)21-10-14-5-4-6-15(9-14)18-22-12-23-26-18/h4-6,9,12,16H,3,7-8,10-11H2,1-2H3,(H2,20,21,25)(H,22,23,26). The number of guanidine groups is 1. The Hall–Kier alpha value is -3.23. The Morgan fingerprint density at radius 1 is 1.39 bits per heavy atom. The second-order valence-corrected chi connectivity index (χ2v) is 6.87. The zero-order valence-corrected chi connectivity index (χ0v) is 16.2. The van der Waals surface area contributed by atoms with Gasteiger partial charge in [0.2, 0.25) is 0 Å². The number of aromatic amines is 1. The van der Waals surface area contributed by atoms with Gasteiger partial charge in [0.25, 0.3) is 0 Å². The number of nitrogens with zero attached hydrogens (tertiary/aromatic N) is 6. The Kier molecular flexibility index (Phi) is 5.31. The molecule has 28 heavy (non-hydrogen) atoms. The molecule has 0 saturated carbocycles. The van der Waals surface area contributed by atoms with Crippen LogP contribution in [0.2, 0.25) is 0 Å². The summed E-state index contributed by atoms with van der Waals surface area (Å²) in [7, 11) is 0. The summed E-state index contributed by atoms with van der Waals surface area (Å²) in [5.74, 6) is 3.49. The minimum atomic E-state index is 0.284. The lowest BCUT2D eigenvalue weighted by Gasteiger charge is -2.25. The van der Waals surface area contributed by atoms with Crippen LogP contribution in [0.15, 0.2) is 35.6 Å². The third-order valence-corrected chi connectivity index (χ3v) is 4.68. The number of benzene rings is 1. The maximum Gasteiger partial charge on any atom is 0.191 e. The van der Waals surface area contributed by atoms with Gasteiger partial charge in [-0.2, -0.15) is 10.2 Å². The van der Waals surface area contributed by atoms with Crippen LogP contribution in [0.3, 0.4) is 0 Å². The van der Waals surface area contributed by atoms with Gasteiger partial charge in [-0.3, -0.25) is 5.10 Å². The molecule has 0 radical (unpaired) electrons. The molecule has 1 unspecified atom stereocenters. The van der Waals surface area contributed by atoms with E-state index in [4.69, 9.17) is 4.99 Å². The molecule has 0 saturated heterocycles. The predicted molar refractivity (Wildman–Crippen MR) is 107 cm³/mol. The molecule has 0 amide bonds. The summed E-state index contributed by atoms with van der Waals surface area (Å²) in [6.07, 6.45) is 3.46. The number of hydrogen-bond acceptors (Lipinski definition) is 5. The van der Waals surface area contributed by atoms with Crippen molar-refractivity contribution in [2.24, 2.45) is 4.99 Å². The summed E-state index contributed by atoms with van der Waals surface area (Å²) in [4.78, 5) is 13.4. The number of aromatic nitrogens is 6. The van der Waals surface area contributed by atoms with Crippen molar-refractivity contribution in [3.05, 3.63) is 47.8 Å². The summed E-state index contributed by atoms with van der Waals surface area (Å²) in [5, 5.41) is 18.2. The molecule has 1 aromatic carbocycles. The molecule has 1 atom stereocenters. The Labute approximate surface area is 163 Å². The highest BCUT2D eigenvalue weighted by Gasteiger charge is 2.21. The average Bonchev–Trinajstić information content (AvgIpc) is 3.35. The van der Waals surface area contributed by atoms with E-state index in [9.17, 15) is 0 Å². The average molecular weight is 379 g/mol. The highest BCUT2D eigenvalue weighted by atomic mass is 15.4. The van der Waals surface area contributed by atoms with E-state index in [-0.39, 0.29) is 6.04 Å². The number of aryl methyl sites for hydroxylation is 2. The molecule has 4 rings (SSSR count). The number of fused-ring (bicyclic) bond motifs is 1. The van der Waals surface area contributed by atoms with Crippen molar-refractivity contribution in [1.82, 2.24) is 40.6 Å². The molecule has 2 aromatic heterocycles. The third-order valence-electron chi connectivity index (χ3n) is 4.68. The number of rotatable bonds is 5. The lowest BCUT2D eigenvalue weighted by atomic mass is 10.1. The van der Waals surface area contributed by atoms with Gasteiger partial charge in [-0.15, -0.1) is 0 Å². The van der Waals surface area contributed by atoms with Crippen molar-refractivity contribution in [2.45, 2.75) is 45.8 Å². The monoisotopic (exact) mass is 379 g/mol. The summed E-state index contributed by atoms with van der Waals surface area (Å²) >= 11 is 0. The fourth-order valence-corrected chi connectivity index (χ4v) is 3.40. The van der Waals surface area contributed by atoms with E-state index in [0.29, 0.717) is 6.54 Å². The van der Waals surface area contributed by atoms with E-state index in [2.05, 4.69) is 55.0 Å². The van der Waals surface area contributed by atoms with E-state index in [1.54, 1.807) is 0 Å². The molecular formula is C19H25N9. The van der Waals surface area contributed by atoms with Gasteiger partial charge in [0.1, 0.15) is 18.0 Å². The van der Waals surface area contributed by atoms with Gasteiger partial charge in [0.05, 0.1) is 13.1 Å². The van der Waals surface area contributed by atoms with Crippen LogP contribution in [-0.4, -0.2) is 48.5 Å². The summed E-state index contributed by atoms with van der Waals surface area (Å²) in [5.41, 5.74) is 2.12. The molecular weight excluding hydrogens is 354 g/mol. The smallest absolute Gasteiger partial charge is 0.191 e. The van der Waals surface area contributed by atoms with Gasteiger partial charge >= 0.3 is 0 Å². The zero-order chi connectivity index (χ0) is 19.3. The van der Waals surface area contributed by atoms with Crippen LogP contribution < -0.4 is 10.6 Å². The predicted octanol–water partition coefficient (Wildman–Crippen LogP) is 1.44. The number of nitrogens with one attached hydrogen (secondary N) is 3. The van der Waals surface area contributed by atoms with Crippen LogP contribution in [0.5, 0.6) is 0 Å². The fourth-order valence-electron chi connectivity index (χ4n) is 3.40. The molecule has 9 nitrogen and oxygen atoms in total. The van der Waals surface area contributed by atoms with Crippen molar-refractivity contribution in [2.75, 3.05) is 6.54 Å². The Bertz CT molecular complexity index is 942. The van der Waals surface area contributed by atoms with E-state index >= 15 is 0 Å². The van der Waals surface area contributed by atoms with Gasteiger partial charge in [-0.25, -0.2) is 19.6 Å². The van der Waals surface area contributed by atoms with E-state index < -0.39 is 0 Å². The minimum Gasteiger partial charge on any atom is -0.357 e. The van der Waals surface area contributed by atoms with Gasteiger partial charge in [-0.05, 0) is 31.9 Å². The first-order valence-electron chi connectivity index (χ1n) is 9.61. The molecule has 1 aliphatic heterocycles. The Morgan fingerprint density at radius 2 is 2.32 bits per heavy atom. The first-order valence-corrected chi connectivity index (χ1v) is 9.61. The highest BCUT2D eigenvalue weighted by molar-refractivity contribution is 5.80. The van der Waals surface area contributed by atoms with Gasteiger partial charge < -0.3 is 10.6 Å². The lowest BCUT2D eigenvalue weighted by Crippen LogP contribution is -2.47. The maximum atomic E-state index is 4.76. The molecule has 3 aromatic rings. The summed E-state index contributed by atoms with van der Waals surface area (Å²) in [6, 6.07) is 8.46. The maximum absolute atomic E-state index is 4.76. The molecule has 3 N–H and O–H groups in total. The normalized spacial score (nSPS) is 16.6. The van der Waals surface area contributed by atoms with Gasteiger partial charge in [0, 0.05) is 24.6 Å². The summed E-state index contributed by atoms with van der Waals surface area (Å²) < 4.78 is 2.00. The molecule has 0 fully saturated rings. The van der Waals surface area contributed by atoms with E-state index in [1.807, 2.05) is 23.7 Å². The number of aliphatic imine (C=N–C) groups is 1. The van der Waals surface area contributed by atoms with Crippen molar-refractivity contribution in [3.63, 3.8) is 0 Å². The molecule has 1 aliphatic rings. The Balaban J connectivity index is 1.43. The largest absolute Gasteiger partial charge is 0.357 e. The molecule has 146 valence electrons. The van der Waals surface area contributed by atoms with Crippen molar-refractivity contribution in [1.29, 1.82) is 0 Å². The van der Waals surface area contributed by atoms with Crippen LogP contribution in [0.25, 0.3) is 11.4 Å². The fraction of sp³-hybridized carbons (Fsp3) is 0.421. The molecule has 0 spiro atoms. The highest BCUT2D eigenvalue weighted by Crippen LogP contribution is 2.16. The third kappa shape index (κ3) is 4.19. The first kappa shape index (κ1) is 18.1. The first-order chi connectivity index (χ1) is 13.7. The van der Waals surface area contributed by atoms with Gasteiger partial charge in [-0.1, -0.05) is 18.2 Å². The van der Waals surface area contributed by atoms with Crippen LogP contribution in [-0.2, 0) is 19.5 Å². The molecule has 3 heterocycles. The SMILES string of the molecule is CCNC(=NCc1cccc(-c2ncn[nH]2)c1)NC1CCc2nc(C)nn2C1. The minimum absolute atomic E-state index is 0.284. The second kappa shape index (κ2) is 8.20. The molecule has 9 heteroatoms. The van der Waals surface area contributed by atoms with Crippen LogP contribution >= 0.6 is 0 Å². The zero-order valence-electron chi connectivity index (χ0n) is 16.2. The van der Waals surface area contributed by atoms with Crippen molar-refractivity contribution in [3.8, 4) is 11.4 Å². The van der Waals surface area contributed by atoms with Crippen LogP contribution in [0.1, 0.15) is 30.6 Å². The van der Waals surface area contributed by atoms with Crippen molar-refractivity contribution < 1.29 is 0 Å². The Morgan fingerprint density at radius 3 is 3.14 bits per heavy atom. The summed E-state index contributed by atoms with van der Waals surface area (Å²) in [6.45, 7) is 6.21.